The molecule has 1 aromatic carbocycles. The van der Waals surface area contributed by atoms with Crippen LogP contribution in [0, 0.1) is 13.8 Å². The SMILES string of the molecule is Cc1nn(C)c(C)c1CCNCc1ccc2c(c1)CC(C)(C)O2. The molecule has 0 unspecified atom stereocenters. The first-order valence-corrected chi connectivity index (χ1v) is 8.36. The van der Waals surface area contributed by atoms with Crippen LogP contribution in [0.3, 0.4) is 0 Å². The largest absolute Gasteiger partial charge is 0.487 e. The normalized spacial score (nSPS) is 15.5. The second-order valence-electron chi connectivity index (χ2n) is 7.18. The molecular formula is C19H27N3O. The molecule has 0 saturated carbocycles. The number of fused-ring (bicyclic) bond motifs is 1. The number of aromatic nitrogens is 2. The summed E-state index contributed by atoms with van der Waals surface area (Å²) in [6.07, 6.45) is 2.01. The third-order valence-corrected chi connectivity index (χ3v) is 4.67. The molecule has 0 bridgehead atoms. The quantitative estimate of drug-likeness (QED) is 0.862. The van der Waals surface area contributed by atoms with Gasteiger partial charge in [0.15, 0.2) is 0 Å². The molecule has 124 valence electrons. The first-order valence-electron chi connectivity index (χ1n) is 8.36. The number of hydrogen-bond donors (Lipinski definition) is 1. The fourth-order valence-electron chi connectivity index (χ4n) is 3.40. The Labute approximate surface area is 138 Å². The van der Waals surface area contributed by atoms with Crippen LogP contribution < -0.4 is 10.1 Å². The summed E-state index contributed by atoms with van der Waals surface area (Å²) < 4.78 is 7.90. The van der Waals surface area contributed by atoms with Gasteiger partial charge in [-0.05, 0) is 63.4 Å². The average Bonchev–Trinajstić information content (AvgIpc) is 2.90. The second kappa shape index (κ2) is 6.00. The molecule has 4 heteroatoms. The molecule has 23 heavy (non-hydrogen) atoms. The van der Waals surface area contributed by atoms with Crippen molar-refractivity contribution >= 4 is 0 Å². The van der Waals surface area contributed by atoms with E-state index < -0.39 is 0 Å². The summed E-state index contributed by atoms with van der Waals surface area (Å²) >= 11 is 0. The van der Waals surface area contributed by atoms with Crippen molar-refractivity contribution in [3.05, 3.63) is 46.3 Å². The predicted octanol–water partition coefficient (Wildman–Crippen LogP) is 3.08. The number of nitrogens with zero attached hydrogens (tertiary/aromatic N) is 2. The van der Waals surface area contributed by atoms with Gasteiger partial charge in [-0.25, -0.2) is 0 Å². The van der Waals surface area contributed by atoms with Gasteiger partial charge in [0, 0.05) is 25.7 Å². The van der Waals surface area contributed by atoms with Crippen LogP contribution in [0.5, 0.6) is 5.75 Å². The standard InChI is InChI=1S/C19H27N3O/c1-13-17(14(2)22(5)21-13)8-9-20-12-15-6-7-18-16(10-15)11-19(3,4)23-18/h6-7,10,20H,8-9,11-12H2,1-5H3. The maximum Gasteiger partial charge on any atom is 0.123 e. The lowest BCUT2D eigenvalue weighted by Gasteiger charge is -2.16. The second-order valence-corrected chi connectivity index (χ2v) is 7.18. The molecule has 2 aromatic rings. The Morgan fingerprint density at radius 1 is 1.30 bits per heavy atom. The summed E-state index contributed by atoms with van der Waals surface area (Å²) in [6, 6.07) is 6.54. The zero-order chi connectivity index (χ0) is 16.6. The van der Waals surface area contributed by atoms with E-state index in [-0.39, 0.29) is 5.60 Å². The van der Waals surface area contributed by atoms with Gasteiger partial charge < -0.3 is 10.1 Å². The van der Waals surface area contributed by atoms with E-state index in [0.717, 1.165) is 37.4 Å². The Balaban J connectivity index is 1.54. The highest BCUT2D eigenvalue weighted by atomic mass is 16.5. The van der Waals surface area contributed by atoms with Gasteiger partial charge in [0.2, 0.25) is 0 Å². The predicted molar refractivity (Wildman–Crippen MR) is 92.9 cm³/mol. The summed E-state index contributed by atoms with van der Waals surface area (Å²) in [5, 5.41) is 8.02. The van der Waals surface area contributed by atoms with E-state index in [4.69, 9.17) is 4.74 Å². The van der Waals surface area contributed by atoms with Gasteiger partial charge >= 0.3 is 0 Å². The summed E-state index contributed by atoms with van der Waals surface area (Å²) in [7, 11) is 2.01. The molecule has 3 rings (SSSR count). The summed E-state index contributed by atoms with van der Waals surface area (Å²) in [6.45, 7) is 10.4. The molecule has 1 aromatic heterocycles. The zero-order valence-electron chi connectivity index (χ0n) is 14.9. The van der Waals surface area contributed by atoms with Crippen LogP contribution in [0.2, 0.25) is 0 Å². The summed E-state index contributed by atoms with van der Waals surface area (Å²) in [5.41, 5.74) is 6.36. The number of ether oxygens (including phenoxy) is 1. The number of benzene rings is 1. The van der Waals surface area contributed by atoms with Crippen molar-refractivity contribution < 1.29 is 4.74 Å². The molecule has 1 N–H and O–H groups in total. The number of aryl methyl sites for hydroxylation is 2. The molecule has 0 atom stereocenters. The van der Waals surface area contributed by atoms with Gasteiger partial charge in [0.1, 0.15) is 11.4 Å². The maximum atomic E-state index is 5.93. The molecule has 0 spiro atoms. The molecule has 0 aliphatic carbocycles. The minimum absolute atomic E-state index is 0.0657. The lowest BCUT2D eigenvalue weighted by molar-refractivity contribution is 0.138. The van der Waals surface area contributed by atoms with Crippen LogP contribution in [-0.2, 0) is 26.4 Å². The van der Waals surface area contributed by atoms with Gasteiger partial charge in [0.05, 0.1) is 5.69 Å². The molecule has 0 radical (unpaired) electrons. The van der Waals surface area contributed by atoms with E-state index in [1.807, 2.05) is 11.7 Å². The molecular weight excluding hydrogens is 286 g/mol. The van der Waals surface area contributed by atoms with Crippen molar-refractivity contribution in [2.24, 2.45) is 7.05 Å². The number of hydrogen-bond acceptors (Lipinski definition) is 3. The Morgan fingerprint density at radius 3 is 2.78 bits per heavy atom. The van der Waals surface area contributed by atoms with Crippen LogP contribution in [0.25, 0.3) is 0 Å². The van der Waals surface area contributed by atoms with E-state index >= 15 is 0 Å². The minimum atomic E-state index is -0.0657. The van der Waals surface area contributed by atoms with Crippen LogP contribution in [0.1, 0.15) is 41.9 Å². The van der Waals surface area contributed by atoms with Gasteiger partial charge in [-0.15, -0.1) is 0 Å². The molecule has 1 aliphatic rings. The van der Waals surface area contributed by atoms with E-state index in [1.54, 1.807) is 0 Å². The molecule has 1 aliphatic heterocycles. The minimum Gasteiger partial charge on any atom is -0.487 e. The molecule has 4 nitrogen and oxygen atoms in total. The third-order valence-electron chi connectivity index (χ3n) is 4.67. The smallest absolute Gasteiger partial charge is 0.123 e. The molecule has 0 saturated heterocycles. The number of nitrogens with one attached hydrogen (secondary N) is 1. The maximum absolute atomic E-state index is 5.93. The first-order chi connectivity index (χ1) is 10.9. The fraction of sp³-hybridized carbons (Fsp3) is 0.526. The van der Waals surface area contributed by atoms with Crippen LogP contribution in [-0.4, -0.2) is 21.9 Å². The Kier molecular flexibility index (Phi) is 4.19. The highest BCUT2D eigenvalue weighted by Gasteiger charge is 2.29. The van der Waals surface area contributed by atoms with Crippen molar-refractivity contribution in [3.63, 3.8) is 0 Å². The Hall–Kier alpha value is -1.81. The van der Waals surface area contributed by atoms with Crippen LogP contribution in [0.15, 0.2) is 18.2 Å². The van der Waals surface area contributed by atoms with E-state index in [0.29, 0.717) is 0 Å². The van der Waals surface area contributed by atoms with E-state index in [1.165, 1.54) is 22.4 Å². The topological polar surface area (TPSA) is 39.1 Å². The van der Waals surface area contributed by atoms with Crippen molar-refractivity contribution in [2.45, 2.75) is 52.7 Å². The lowest BCUT2D eigenvalue weighted by atomic mass is 10.0. The Morgan fingerprint density at radius 2 is 2.09 bits per heavy atom. The molecule has 0 fully saturated rings. The van der Waals surface area contributed by atoms with Gasteiger partial charge in [-0.3, -0.25) is 4.68 Å². The highest BCUT2D eigenvalue weighted by Crippen LogP contribution is 2.35. The number of rotatable bonds is 5. The lowest BCUT2D eigenvalue weighted by Crippen LogP contribution is -2.24. The monoisotopic (exact) mass is 313 g/mol. The van der Waals surface area contributed by atoms with Crippen molar-refractivity contribution in [1.29, 1.82) is 0 Å². The van der Waals surface area contributed by atoms with E-state index in [2.05, 4.69) is 56.3 Å². The fourth-order valence-corrected chi connectivity index (χ4v) is 3.40. The van der Waals surface area contributed by atoms with Crippen LogP contribution in [0.4, 0.5) is 0 Å². The van der Waals surface area contributed by atoms with E-state index in [9.17, 15) is 0 Å². The average molecular weight is 313 g/mol. The van der Waals surface area contributed by atoms with Crippen LogP contribution >= 0.6 is 0 Å². The zero-order valence-corrected chi connectivity index (χ0v) is 14.9. The van der Waals surface area contributed by atoms with Crippen molar-refractivity contribution in [1.82, 2.24) is 15.1 Å². The summed E-state index contributed by atoms with van der Waals surface area (Å²) in [5.74, 6) is 1.04. The molecule has 0 amide bonds. The van der Waals surface area contributed by atoms with Crippen molar-refractivity contribution in [2.75, 3.05) is 6.54 Å². The van der Waals surface area contributed by atoms with Gasteiger partial charge in [-0.2, -0.15) is 5.10 Å². The first kappa shape index (κ1) is 16.1. The highest BCUT2D eigenvalue weighted by molar-refractivity contribution is 5.41. The van der Waals surface area contributed by atoms with Crippen molar-refractivity contribution in [3.8, 4) is 5.75 Å². The molecule has 2 heterocycles. The Bertz CT molecular complexity index is 716. The third kappa shape index (κ3) is 3.42. The summed E-state index contributed by atoms with van der Waals surface area (Å²) in [4.78, 5) is 0. The van der Waals surface area contributed by atoms with Gasteiger partial charge in [-0.1, -0.05) is 12.1 Å². The van der Waals surface area contributed by atoms with Gasteiger partial charge in [0.25, 0.3) is 0 Å².